The van der Waals surface area contributed by atoms with Crippen molar-refractivity contribution in [2.75, 3.05) is 11.6 Å². The summed E-state index contributed by atoms with van der Waals surface area (Å²) in [6, 6.07) is 2.39. The zero-order valence-electron chi connectivity index (χ0n) is 14.7. The van der Waals surface area contributed by atoms with E-state index in [1.165, 1.54) is 13.0 Å². The molecule has 2 unspecified atom stereocenters. The Morgan fingerprint density at radius 2 is 1.80 bits per heavy atom. The molecule has 0 fully saturated rings. The van der Waals surface area contributed by atoms with E-state index in [-0.39, 0.29) is 6.61 Å². The normalized spacial score (nSPS) is 18.6. The van der Waals surface area contributed by atoms with E-state index in [4.69, 9.17) is 27.9 Å². The first-order chi connectivity index (χ1) is 13.8. The van der Waals surface area contributed by atoms with Gasteiger partial charge in [-0.25, -0.2) is 5.01 Å². The first-order valence-electron chi connectivity index (χ1n) is 7.66. The summed E-state index contributed by atoms with van der Waals surface area (Å²) >= 11 is 8.17. The van der Waals surface area contributed by atoms with Crippen molar-refractivity contribution in [1.29, 1.82) is 5.26 Å². The van der Waals surface area contributed by atoms with Gasteiger partial charge >= 0.3 is 11.7 Å². The van der Waals surface area contributed by atoms with Crippen LogP contribution in [0.25, 0.3) is 0 Å². The quantitative estimate of drug-likeness (QED) is 0.326. The largest absolute Gasteiger partial charge is 0.604 e. The molecule has 0 bridgehead atoms. The lowest BCUT2D eigenvalue weighted by Crippen LogP contribution is -2.43. The van der Waals surface area contributed by atoms with E-state index in [0.717, 1.165) is 0 Å². The number of halogens is 8. The molecule has 0 saturated carbocycles. The van der Waals surface area contributed by atoms with E-state index in [9.17, 15) is 36.2 Å². The maximum Gasteiger partial charge on any atom is 0.578 e. The fourth-order valence-electron chi connectivity index (χ4n) is 2.54. The Hall–Kier alpha value is -1.85. The zero-order chi connectivity index (χ0) is 23.0. The highest BCUT2D eigenvalue weighted by Crippen LogP contribution is 2.47. The second-order valence-corrected chi connectivity index (χ2v) is 7.66. The van der Waals surface area contributed by atoms with Gasteiger partial charge in [-0.05, 0) is 19.1 Å². The van der Waals surface area contributed by atoms with Gasteiger partial charge in [0.25, 0.3) is 0 Å². The Balaban J connectivity index is 2.75. The van der Waals surface area contributed by atoms with Crippen molar-refractivity contribution in [2.24, 2.45) is 5.10 Å². The van der Waals surface area contributed by atoms with Gasteiger partial charge in [0.2, 0.25) is 16.8 Å². The summed E-state index contributed by atoms with van der Waals surface area (Å²) in [5.41, 5.74) is -7.81. The first kappa shape index (κ1) is 24.4. The summed E-state index contributed by atoms with van der Waals surface area (Å²) in [4.78, 5) is -1.04. The van der Waals surface area contributed by atoms with Crippen LogP contribution in [0.5, 0.6) is 0 Å². The topological polar surface area (TPSA) is 74.9 Å². The fraction of sp³-hybridized carbons (Fsp3) is 0.333. The summed E-state index contributed by atoms with van der Waals surface area (Å²) in [6.45, 7) is 4.28. The standard InChI is InChI=1S/C15H10Cl2F6N4O2S/c1-3-29-13-12(30(28)15(21,22)23)10(6-24)27(25-2)26(13)11-8(16)4-7(5-9(11)17)14(18,19)20/h4-5,13H,2-3H2,1H3. The summed E-state index contributed by atoms with van der Waals surface area (Å²) < 4.78 is 95.8. The van der Waals surface area contributed by atoms with E-state index < -0.39 is 61.0 Å². The summed E-state index contributed by atoms with van der Waals surface area (Å²) in [7, 11) is 0. The van der Waals surface area contributed by atoms with Crippen LogP contribution in [0.1, 0.15) is 12.5 Å². The number of rotatable bonds is 5. The van der Waals surface area contributed by atoms with Crippen LogP contribution in [0.2, 0.25) is 10.0 Å². The number of nitrogens with zero attached hydrogens (tertiary/aromatic N) is 4. The Labute approximate surface area is 179 Å². The van der Waals surface area contributed by atoms with E-state index in [1.54, 1.807) is 0 Å². The number of alkyl halides is 6. The highest BCUT2D eigenvalue weighted by atomic mass is 35.5. The van der Waals surface area contributed by atoms with Crippen molar-refractivity contribution in [3.8, 4) is 6.07 Å². The van der Waals surface area contributed by atoms with Crippen molar-refractivity contribution in [2.45, 2.75) is 24.8 Å². The highest BCUT2D eigenvalue weighted by molar-refractivity contribution is 7.96. The molecule has 0 radical (unpaired) electrons. The monoisotopic (exact) mass is 494 g/mol. The van der Waals surface area contributed by atoms with Crippen LogP contribution in [0.3, 0.4) is 0 Å². The van der Waals surface area contributed by atoms with Crippen molar-refractivity contribution in [3.05, 3.63) is 38.3 Å². The molecule has 1 heterocycles. The second kappa shape index (κ2) is 8.72. The van der Waals surface area contributed by atoms with Gasteiger partial charge in [-0.2, -0.15) is 28.7 Å². The van der Waals surface area contributed by atoms with Gasteiger partial charge in [-0.3, -0.25) is 0 Å². The first-order valence-corrected chi connectivity index (χ1v) is 9.56. The average Bonchev–Trinajstić information content (AvgIpc) is 2.92. The Kier molecular flexibility index (Phi) is 7.10. The number of allylic oxidation sites excluding steroid dienone is 1. The molecule has 15 heteroatoms. The minimum Gasteiger partial charge on any atom is -0.604 e. The molecule has 0 amide bonds. The van der Waals surface area contributed by atoms with Crippen LogP contribution in [0.15, 0.2) is 27.8 Å². The van der Waals surface area contributed by atoms with Crippen LogP contribution in [0.4, 0.5) is 32.0 Å². The van der Waals surface area contributed by atoms with Crippen LogP contribution < -0.4 is 5.01 Å². The van der Waals surface area contributed by atoms with Crippen LogP contribution >= 0.6 is 23.2 Å². The lowest BCUT2D eigenvalue weighted by Gasteiger charge is -2.33. The molecule has 0 aliphatic carbocycles. The van der Waals surface area contributed by atoms with Gasteiger partial charge in [-0.15, -0.1) is 13.2 Å². The van der Waals surface area contributed by atoms with Crippen molar-refractivity contribution >= 4 is 46.8 Å². The molecule has 6 nitrogen and oxygen atoms in total. The third-order valence-electron chi connectivity index (χ3n) is 3.63. The average molecular weight is 495 g/mol. The van der Waals surface area contributed by atoms with Gasteiger partial charge in [-0.1, -0.05) is 23.2 Å². The second-order valence-electron chi connectivity index (χ2n) is 5.41. The summed E-state index contributed by atoms with van der Waals surface area (Å²) in [6.07, 6.45) is -6.68. The Bertz CT molecular complexity index is 895. The van der Waals surface area contributed by atoms with Gasteiger partial charge in [0.05, 0.1) is 15.6 Å². The van der Waals surface area contributed by atoms with E-state index in [2.05, 4.69) is 11.8 Å². The molecule has 2 atom stereocenters. The van der Waals surface area contributed by atoms with E-state index >= 15 is 0 Å². The Morgan fingerprint density at radius 3 is 2.17 bits per heavy atom. The molecule has 0 aromatic heterocycles. The molecule has 30 heavy (non-hydrogen) atoms. The molecular weight excluding hydrogens is 485 g/mol. The number of hydrazine groups is 1. The number of anilines is 1. The molecule has 164 valence electrons. The van der Waals surface area contributed by atoms with Gasteiger partial charge in [0.15, 0.2) is 0 Å². The molecule has 0 N–H and O–H groups in total. The number of nitriles is 1. The lowest BCUT2D eigenvalue weighted by atomic mass is 10.2. The van der Waals surface area contributed by atoms with Crippen molar-refractivity contribution in [3.63, 3.8) is 0 Å². The van der Waals surface area contributed by atoms with Gasteiger partial charge in [0, 0.05) is 13.3 Å². The molecule has 1 aromatic carbocycles. The SMILES string of the molecule is C=NN1C(C#N)=C([S+]([O-])C(F)(F)F)C(OCC)N1c1c(Cl)cc(C(F)(F)F)cc1Cl. The number of benzene rings is 1. The predicted octanol–water partition coefficient (Wildman–Crippen LogP) is 5.03. The maximum absolute atomic E-state index is 13.2. The van der Waals surface area contributed by atoms with Crippen molar-refractivity contribution < 1.29 is 35.6 Å². The number of hydrogen-bond donors (Lipinski definition) is 0. The molecule has 2 rings (SSSR count). The van der Waals surface area contributed by atoms with Gasteiger partial charge in [0.1, 0.15) is 22.9 Å². The minimum atomic E-state index is -5.27. The third-order valence-corrected chi connectivity index (χ3v) is 5.42. The molecule has 1 aliphatic heterocycles. The zero-order valence-corrected chi connectivity index (χ0v) is 17.0. The smallest absolute Gasteiger partial charge is 0.578 e. The molecule has 1 aromatic rings. The third kappa shape index (κ3) is 4.42. The lowest BCUT2D eigenvalue weighted by molar-refractivity contribution is -0.137. The maximum atomic E-state index is 13.2. The number of ether oxygens (including phenoxy) is 1. The number of hydrazone groups is 1. The number of hydrogen-bond acceptors (Lipinski definition) is 6. The predicted molar refractivity (Wildman–Crippen MR) is 97.6 cm³/mol. The van der Waals surface area contributed by atoms with E-state index in [0.29, 0.717) is 22.3 Å². The minimum absolute atomic E-state index is 0.237. The fourth-order valence-corrected chi connectivity index (χ4v) is 4.10. The molecule has 0 spiro atoms. The van der Waals surface area contributed by atoms with Crippen molar-refractivity contribution in [1.82, 2.24) is 5.12 Å². The molecule has 0 saturated heterocycles. The van der Waals surface area contributed by atoms with Crippen LogP contribution in [-0.2, 0) is 22.1 Å². The summed E-state index contributed by atoms with van der Waals surface area (Å²) in [5.74, 6) is 0. The molecule has 1 aliphatic rings. The van der Waals surface area contributed by atoms with E-state index in [1.807, 2.05) is 0 Å². The Morgan fingerprint density at radius 1 is 1.27 bits per heavy atom. The highest BCUT2D eigenvalue weighted by Gasteiger charge is 2.57. The van der Waals surface area contributed by atoms with Crippen LogP contribution in [0, 0.1) is 11.3 Å². The molecular formula is C15H10Cl2F6N4O2S. The summed E-state index contributed by atoms with van der Waals surface area (Å²) in [5, 5.41) is 12.7. The van der Waals surface area contributed by atoms with Gasteiger partial charge < -0.3 is 9.29 Å². The van der Waals surface area contributed by atoms with Crippen LogP contribution in [-0.4, -0.2) is 34.7 Å².